The van der Waals surface area contributed by atoms with Gasteiger partial charge in [-0.15, -0.1) is 0 Å². The molecule has 1 aliphatic rings. The van der Waals surface area contributed by atoms with Crippen molar-refractivity contribution in [2.45, 2.75) is 46.6 Å². The van der Waals surface area contributed by atoms with E-state index in [0.717, 1.165) is 6.42 Å². The normalized spacial score (nSPS) is 34.5. The smallest absolute Gasteiger partial charge is 0.0858 e. The van der Waals surface area contributed by atoms with Gasteiger partial charge in [-0.1, -0.05) is 46.3 Å². The Morgan fingerprint density at radius 2 is 1.92 bits per heavy atom. The lowest BCUT2D eigenvalue weighted by Crippen LogP contribution is -2.30. The van der Waals surface area contributed by atoms with Gasteiger partial charge in [0.25, 0.3) is 0 Å². The molecule has 1 nitrogen and oxygen atoms in total. The molecule has 0 fully saturated rings. The van der Waals surface area contributed by atoms with Crippen molar-refractivity contribution in [1.29, 1.82) is 0 Å². The van der Waals surface area contributed by atoms with E-state index >= 15 is 0 Å². The summed E-state index contributed by atoms with van der Waals surface area (Å²) in [5.74, 6) is 1.45. The lowest BCUT2D eigenvalue weighted by atomic mass is 9.88. The Kier molecular flexibility index (Phi) is 2.86. The van der Waals surface area contributed by atoms with Gasteiger partial charge < -0.3 is 5.11 Å². The Bertz CT molecular complexity index is 215. The maximum atomic E-state index is 10.3. The van der Waals surface area contributed by atoms with Crippen LogP contribution in [0.2, 0.25) is 0 Å². The van der Waals surface area contributed by atoms with E-state index in [-0.39, 0.29) is 0 Å². The molecule has 0 spiro atoms. The van der Waals surface area contributed by atoms with Crippen LogP contribution in [0.1, 0.15) is 41.0 Å². The van der Waals surface area contributed by atoms with Crippen molar-refractivity contribution in [3.05, 3.63) is 11.6 Å². The quantitative estimate of drug-likeness (QED) is 0.651. The average molecular weight is 182 g/mol. The van der Waals surface area contributed by atoms with Crippen LogP contribution in [0.25, 0.3) is 0 Å². The number of aliphatic hydroxyl groups is 1. The van der Waals surface area contributed by atoms with Crippen LogP contribution in [0.15, 0.2) is 11.6 Å². The molecular formula is C12H22O. The predicted molar refractivity (Wildman–Crippen MR) is 56.5 cm³/mol. The number of hydrogen-bond donors (Lipinski definition) is 1. The first-order valence-corrected chi connectivity index (χ1v) is 5.32. The van der Waals surface area contributed by atoms with Gasteiger partial charge in [-0.3, -0.25) is 0 Å². The zero-order chi connectivity index (χ0) is 10.2. The third-order valence-electron chi connectivity index (χ3n) is 3.29. The van der Waals surface area contributed by atoms with Gasteiger partial charge in [0, 0.05) is 0 Å². The summed E-state index contributed by atoms with van der Waals surface area (Å²) in [6, 6.07) is 0. The Morgan fingerprint density at radius 1 is 1.38 bits per heavy atom. The number of hydrogen-bond acceptors (Lipinski definition) is 1. The summed E-state index contributed by atoms with van der Waals surface area (Å²) >= 11 is 0. The van der Waals surface area contributed by atoms with Crippen LogP contribution in [-0.2, 0) is 0 Å². The standard InChI is InChI=1S/C12H22O/c1-8(2)11-7-12(13,9(3)4)6-10(11)5/h7-10,13H,6H2,1-5H3. The molecule has 0 radical (unpaired) electrons. The Labute approximate surface area is 81.9 Å². The minimum absolute atomic E-state index is 0.325. The molecule has 2 atom stereocenters. The van der Waals surface area contributed by atoms with Gasteiger partial charge in [-0.2, -0.15) is 0 Å². The lowest BCUT2D eigenvalue weighted by molar-refractivity contribution is 0.0364. The monoisotopic (exact) mass is 182 g/mol. The van der Waals surface area contributed by atoms with Gasteiger partial charge in [-0.05, 0) is 24.2 Å². The first-order chi connectivity index (χ1) is 5.87. The third-order valence-corrected chi connectivity index (χ3v) is 3.29. The fraction of sp³-hybridized carbons (Fsp3) is 0.833. The van der Waals surface area contributed by atoms with Crippen molar-refractivity contribution in [2.24, 2.45) is 17.8 Å². The molecule has 0 heterocycles. The van der Waals surface area contributed by atoms with Crippen LogP contribution in [0.3, 0.4) is 0 Å². The Balaban J connectivity index is 2.88. The highest BCUT2D eigenvalue weighted by atomic mass is 16.3. The largest absolute Gasteiger partial charge is 0.385 e. The highest BCUT2D eigenvalue weighted by molar-refractivity contribution is 5.23. The Morgan fingerprint density at radius 3 is 2.15 bits per heavy atom. The Hall–Kier alpha value is -0.300. The molecule has 0 amide bonds. The van der Waals surface area contributed by atoms with E-state index in [1.165, 1.54) is 5.57 Å². The molecule has 0 aromatic rings. The van der Waals surface area contributed by atoms with Crippen molar-refractivity contribution in [3.8, 4) is 0 Å². The molecule has 76 valence electrons. The van der Waals surface area contributed by atoms with E-state index in [4.69, 9.17) is 0 Å². The first-order valence-electron chi connectivity index (χ1n) is 5.32. The summed E-state index contributed by atoms with van der Waals surface area (Å²) in [7, 11) is 0. The van der Waals surface area contributed by atoms with Crippen LogP contribution in [-0.4, -0.2) is 10.7 Å². The molecular weight excluding hydrogens is 160 g/mol. The molecule has 1 aliphatic carbocycles. The van der Waals surface area contributed by atoms with Crippen molar-refractivity contribution >= 4 is 0 Å². The highest BCUT2D eigenvalue weighted by Gasteiger charge is 2.38. The SMILES string of the molecule is CC(C)C1=CC(O)(C(C)C)CC1C. The zero-order valence-electron chi connectivity index (χ0n) is 9.46. The topological polar surface area (TPSA) is 20.2 Å². The molecule has 0 bridgehead atoms. The fourth-order valence-corrected chi connectivity index (χ4v) is 2.24. The van der Waals surface area contributed by atoms with Gasteiger partial charge in [-0.25, -0.2) is 0 Å². The number of rotatable bonds is 2. The molecule has 0 saturated heterocycles. The summed E-state index contributed by atoms with van der Waals surface area (Å²) in [4.78, 5) is 0. The molecule has 1 heteroatoms. The van der Waals surface area contributed by atoms with Crippen LogP contribution >= 0.6 is 0 Å². The van der Waals surface area contributed by atoms with Crippen molar-refractivity contribution in [3.63, 3.8) is 0 Å². The molecule has 1 rings (SSSR count). The van der Waals surface area contributed by atoms with Gasteiger partial charge >= 0.3 is 0 Å². The van der Waals surface area contributed by atoms with Crippen LogP contribution in [0, 0.1) is 17.8 Å². The summed E-state index contributed by atoms with van der Waals surface area (Å²) in [5, 5.41) is 10.3. The maximum Gasteiger partial charge on any atom is 0.0858 e. The van der Waals surface area contributed by atoms with Crippen molar-refractivity contribution in [2.75, 3.05) is 0 Å². The molecule has 0 aliphatic heterocycles. The average Bonchev–Trinajstić information content (AvgIpc) is 2.28. The van der Waals surface area contributed by atoms with Crippen LogP contribution in [0.5, 0.6) is 0 Å². The summed E-state index contributed by atoms with van der Waals surface area (Å²) in [6.45, 7) is 10.8. The summed E-state index contributed by atoms with van der Waals surface area (Å²) in [5.41, 5.74) is 0.884. The van der Waals surface area contributed by atoms with Gasteiger partial charge in [0.2, 0.25) is 0 Å². The van der Waals surface area contributed by atoms with Crippen molar-refractivity contribution in [1.82, 2.24) is 0 Å². The first kappa shape index (κ1) is 10.8. The maximum absolute atomic E-state index is 10.3. The summed E-state index contributed by atoms with van der Waals surface area (Å²) in [6.07, 6.45) is 3.01. The van der Waals surface area contributed by atoms with E-state index < -0.39 is 5.60 Å². The molecule has 0 aromatic heterocycles. The van der Waals surface area contributed by atoms with E-state index in [9.17, 15) is 5.11 Å². The van der Waals surface area contributed by atoms with E-state index in [0.29, 0.717) is 17.8 Å². The van der Waals surface area contributed by atoms with E-state index in [1.807, 2.05) is 0 Å². The molecule has 2 unspecified atom stereocenters. The second kappa shape index (κ2) is 3.45. The van der Waals surface area contributed by atoms with E-state index in [1.54, 1.807) is 0 Å². The zero-order valence-corrected chi connectivity index (χ0v) is 9.46. The molecule has 0 saturated carbocycles. The lowest BCUT2D eigenvalue weighted by Gasteiger charge is -2.25. The summed E-state index contributed by atoms with van der Waals surface area (Å²) < 4.78 is 0. The second-order valence-corrected chi connectivity index (χ2v) is 5.05. The fourth-order valence-electron chi connectivity index (χ4n) is 2.24. The number of allylic oxidation sites excluding steroid dienone is 1. The predicted octanol–water partition coefficient (Wildman–Crippen LogP) is 3.00. The molecule has 1 N–H and O–H groups in total. The minimum atomic E-state index is -0.543. The van der Waals surface area contributed by atoms with Crippen molar-refractivity contribution < 1.29 is 5.11 Å². The molecule has 0 aromatic carbocycles. The van der Waals surface area contributed by atoms with Gasteiger partial charge in [0.1, 0.15) is 0 Å². The minimum Gasteiger partial charge on any atom is -0.385 e. The third kappa shape index (κ3) is 1.96. The highest BCUT2D eigenvalue weighted by Crippen LogP contribution is 2.40. The van der Waals surface area contributed by atoms with E-state index in [2.05, 4.69) is 40.7 Å². The van der Waals surface area contributed by atoms with Crippen LogP contribution < -0.4 is 0 Å². The van der Waals surface area contributed by atoms with Gasteiger partial charge in [0.15, 0.2) is 0 Å². The molecule has 13 heavy (non-hydrogen) atoms. The van der Waals surface area contributed by atoms with Crippen LogP contribution in [0.4, 0.5) is 0 Å². The second-order valence-electron chi connectivity index (χ2n) is 5.05. The van der Waals surface area contributed by atoms with Gasteiger partial charge in [0.05, 0.1) is 5.60 Å².